The van der Waals surface area contributed by atoms with Gasteiger partial charge in [-0.05, 0) is 57.8 Å². The number of aromatic nitrogens is 1. The van der Waals surface area contributed by atoms with Crippen LogP contribution in [0.5, 0.6) is 0 Å². The summed E-state index contributed by atoms with van der Waals surface area (Å²) in [5.41, 5.74) is 9.70. The number of nitrogens with two attached hydrogens (primary N) is 1. The van der Waals surface area contributed by atoms with Crippen LogP contribution in [0.2, 0.25) is 0 Å². The van der Waals surface area contributed by atoms with Crippen LogP contribution in [0.1, 0.15) is 55.7 Å². The number of hydrogen-bond acceptors (Lipinski definition) is 3. The van der Waals surface area contributed by atoms with Gasteiger partial charge in [-0.1, -0.05) is 18.9 Å². The molecule has 20 heavy (non-hydrogen) atoms. The molecular weight excluding hydrogens is 246 g/mol. The fourth-order valence-corrected chi connectivity index (χ4v) is 4.44. The predicted octanol–water partition coefficient (Wildman–Crippen LogP) is 2.70. The van der Waals surface area contributed by atoms with E-state index >= 15 is 0 Å². The van der Waals surface area contributed by atoms with Crippen LogP contribution in [-0.2, 0) is 6.42 Å². The maximum Gasteiger partial charge on any atom is 0.0482 e. The van der Waals surface area contributed by atoms with Gasteiger partial charge in [-0.25, -0.2) is 0 Å². The van der Waals surface area contributed by atoms with E-state index in [0.29, 0.717) is 5.92 Å². The summed E-state index contributed by atoms with van der Waals surface area (Å²) in [7, 11) is 4.40. The van der Waals surface area contributed by atoms with E-state index in [2.05, 4.69) is 36.1 Å². The molecule has 2 atom stereocenters. The number of likely N-dealkylation sites (N-methyl/N-ethyl adjacent to an activating group) is 1. The first-order chi connectivity index (χ1) is 9.65. The Morgan fingerprint density at radius 1 is 1.30 bits per heavy atom. The van der Waals surface area contributed by atoms with E-state index in [4.69, 9.17) is 5.73 Å². The normalized spacial score (nSPS) is 26.5. The summed E-state index contributed by atoms with van der Waals surface area (Å²) in [6.07, 6.45) is 10.6. The van der Waals surface area contributed by atoms with Crippen LogP contribution in [0.4, 0.5) is 0 Å². The van der Waals surface area contributed by atoms with Crippen molar-refractivity contribution in [2.45, 2.75) is 62.4 Å². The highest BCUT2D eigenvalue weighted by molar-refractivity contribution is 5.29. The molecule has 3 rings (SSSR count). The molecule has 0 amide bonds. The van der Waals surface area contributed by atoms with Crippen LogP contribution in [-0.4, -0.2) is 35.6 Å². The highest BCUT2D eigenvalue weighted by atomic mass is 15.2. The van der Waals surface area contributed by atoms with E-state index in [1.165, 1.54) is 56.2 Å². The van der Waals surface area contributed by atoms with E-state index in [-0.39, 0.29) is 11.6 Å². The van der Waals surface area contributed by atoms with Gasteiger partial charge in [-0.3, -0.25) is 4.98 Å². The number of aryl methyl sites for hydroxylation is 1. The molecule has 1 saturated carbocycles. The first-order valence-electron chi connectivity index (χ1n) is 8.02. The van der Waals surface area contributed by atoms with Crippen molar-refractivity contribution in [3.8, 4) is 0 Å². The van der Waals surface area contributed by atoms with E-state index in [1.807, 2.05) is 6.20 Å². The highest BCUT2D eigenvalue weighted by Crippen LogP contribution is 2.43. The van der Waals surface area contributed by atoms with Gasteiger partial charge in [0.05, 0.1) is 0 Å². The summed E-state index contributed by atoms with van der Waals surface area (Å²) >= 11 is 0. The molecule has 1 aromatic heterocycles. The van der Waals surface area contributed by atoms with Gasteiger partial charge in [-0.15, -0.1) is 0 Å². The fraction of sp³-hybridized carbons (Fsp3) is 0.706. The molecule has 0 aromatic carbocycles. The summed E-state index contributed by atoms with van der Waals surface area (Å²) in [6.45, 7) is 0. The van der Waals surface area contributed by atoms with Crippen molar-refractivity contribution in [3.63, 3.8) is 0 Å². The van der Waals surface area contributed by atoms with Crippen LogP contribution in [0.15, 0.2) is 18.3 Å². The van der Waals surface area contributed by atoms with Crippen molar-refractivity contribution in [1.82, 2.24) is 9.88 Å². The molecule has 1 aromatic rings. The van der Waals surface area contributed by atoms with Crippen molar-refractivity contribution < 1.29 is 0 Å². The second-order valence-corrected chi connectivity index (χ2v) is 6.78. The molecule has 1 heterocycles. The average Bonchev–Trinajstić information content (AvgIpc) is 2.97. The molecule has 0 radical (unpaired) electrons. The third-order valence-corrected chi connectivity index (χ3v) is 5.65. The van der Waals surface area contributed by atoms with E-state index < -0.39 is 0 Å². The van der Waals surface area contributed by atoms with Gasteiger partial charge in [-0.2, -0.15) is 0 Å². The molecule has 2 aliphatic rings. The fourth-order valence-electron chi connectivity index (χ4n) is 4.44. The van der Waals surface area contributed by atoms with Crippen LogP contribution in [0.3, 0.4) is 0 Å². The summed E-state index contributed by atoms with van der Waals surface area (Å²) in [6, 6.07) is 4.50. The summed E-state index contributed by atoms with van der Waals surface area (Å²) < 4.78 is 0. The molecular formula is C17H27N3. The molecule has 3 nitrogen and oxygen atoms in total. The van der Waals surface area contributed by atoms with Crippen molar-refractivity contribution in [2.24, 2.45) is 5.73 Å². The van der Waals surface area contributed by atoms with Crippen LogP contribution in [0.25, 0.3) is 0 Å². The van der Waals surface area contributed by atoms with Gasteiger partial charge >= 0.3 is 0 Å². The lowest BCUT2D eigenvalue weighted by atomic mass is 9.73. The third-order valence-electron chi connectivity index (χ3n) is 5.65. The first kappa shape index (κ1) is 14.0. The monoisotopic (exact) mass is 273 g/mol. The van der Waals surface area contributed by atoms with E-state index in [9.17, 15) is 0 Å². The molecule has 0 aliphatic heterocycles. The molecule has 2 N–H and O–H groups in total. The second-order valence-electron chi connectivity index (χ2n) is 6.78. The summed E-state index contributed by atoms with van der Waals surface area (Å²) in [5.74, 6) is 0.431. The zero-order valence-corrected chi connectivity index (χ0v) is 12.8. The Balaban J connectivity index is 1.93. The number of nitrogens with zero attached hydrogens (tertiary/aromatic N) is 2. The summed E-state index contributed by atoms with van der Waals surface area (Å²) in [4.78, 5) is 7.08. The average molecular weight is 273 g/mol. The van der Waals surface area contributed by atoms with Gasteiger partial charge < -0.3 is 10.6 Å². The van der Waals surface area contributed by atoms with Gasteiger partial charge in [0.2, 0.25) is 0 Å². The number of rotatable bonds is 3. The van der Waals surface area contributed by atoms with Crippen LogP contribution >= 0.6 is 0 Å². The largest absolute Gasteiger partial charge is 0.326 e. The van der Waals surface area contributed by atoms with Crippen LogP contribution < -0.4 is 5.73 Å². The number of fused-ring (bicyclic) bond motifs is 1. The molecule has 2 aliphatic carbocycles. The minimum atomic E-state index is 0.177. The molecule has 0 saturated heterocycles. The number of hydrogen-bond donors (Lipinski definition) is 1. The second kappa shape index (κ2) is 5.45. The Morgan fingerprint density at radius 2 is 2.05 bits per heavy atom. The lowest BCUT2D eigenvalue weighted by Crippen LogP contribution is -2.58. The minimum absolute atomic E-state index is 0.177. The van der Waals surface area contributed by atoms with Crippen molar-refractivity contribution in [2.75, 3.05) is 14.1 Å². The zero-order chi connectivity index (χ0) is 14.2. The Hall–Kier alpha value is -0.930. The molecule has 0 spiro atoms. The lowest BCUT2D eigenvalue weighted by Gasteiger charge is -2.45. The maximum atomic E-state index is 6.82. The molecule has 1 fully saturated rings. The third kappa shape index (κ3) is 2.17. The van der Waals surface area contributed by atoms with Crippen LogP contribution in [0, 0.1) is 0 Å². The predicted molar refractivity (Wildman–Crippen MR) is 82.8 cm³/mol. The van der Waals surface area contributed by atoms with E-state index in [0.717, 1.165) is 0 Å². The van der Waals surface area contributed by atoms with Gasteiger partial charge in [0.25, 0.3) is 0 Å². The highest BCUT2D eigenvalue weighted by Gasteiger charge is 2.46. The molecule has 110 valence electrons. The molecule has 2 unspecified atom stereocenters. The van der Waals surface area contributed by atoms with Gasteiger partial charge in [0.1, 0.15) is 0 Å². The lowest BCUT2D eigenvalue weighted by molar-refractivity contribution is 0.105. The van der Waals surface area contributed by atoms with Crippen molar-refractivity contribution in [1.29, 1.82) is 0 Å². The maximum absolute atomic E-state index is 6.82. The Kier molecular flexibility index (Phi) is 3.83. The Labute approximate surface area is 122 Å². The quantitative estimate of drug-likeness (QED) is 0.920. The first-order valence-corrected chi connectivity index (χ1v) is 8.02. The standard InChI is InChI=1S/C17H27N3/c1-20(2)17(10-3-4-11-17)16(18)14-9-5-7-13-8-6-12-19-15(13)14/h6,8,12,14,16H,3-5,7,9-11,18H2,1-2H3. The number of pyridine rings is 1. The van der Waals surface area contributed by atoms with Gasteiger partial charge in [0.15, 0.2) is 0 Å². The van der Waals surface area contributed by atoms with Crippen molar-refractivity contribution >= 4 is 0 Å². The minimum Gasteiger partial charge on any atom is -0.326 e. The SMILES string of the molecule is CN(C)C1(C(N)C2CCCc3cccnc32)CCCC1. The zero-order valence-electron chi connectivity index (χ0n) is 12.8. The molecule has 0 bridgehead atoms. The van der Waals surface area contributed by atoms with E-state index in [1.54, 1.807) is 0 Å². The Morgan fingerprint density at radius 3 is 2.75 bits per heavy atom. The topological polar surface area (TPSA) is 42.1 Å². The van der Waals surface area contributed by atoms with Crippen molar-refractivity contribution in [3.05, 3.63) is 29.6 Å². The van der Waals surface area contributed by atoms with Gasteiger partial charge in [0, 0.05) is 29.4 Å². The molecule has 3 heteroatoms. The smallest absolute Gasteiger partial charge is 0.0482 e. The summed E-state index contributed by atoms with van der Waals surface area (Å²) in [5, 5.41) is 0. The Bertz CT molecular complexity index is 463.